The molecule has 0 radical (unpaired) electrons. The Hall–Kier alpha value is -1.29. The van der Waals surface area contributed by atoms with Crippen LogP contribution in [0.25, 0.3) is 0 Å². The van der Waals surface area contributed by atoms with Crippen LogP contribution in [0, 0.1) is 5.41 Å². The fourth-order valence-corrected chi connectivity index (χ4v) is 1.19. The van der Waals surface area contributed by atoms with Crippen LogP contribution in [0.2, 0.25) is 0 Å². The van der Waals surface area contributed by atoms with Crippen molar-refractivity contribution in [1.29, 1.82) is 0 Å². The van der Waals surface area contributed by atoms with E-state index in [1.807, 2.05) is 20.8 Å². The average Bonchev–Trinajstić information content (AvgIpc) is 2.65. The van der Waals surface area contributed by atoms with Gasteiger partial charge < -0.3 is 14.6 Å². The molecule has 0 aliphatic heterocycles. The van der Waals surface area contributed by atoms with Gasteiger partial charge in [-0.05, 0) is 24.0 Å². The number of hydrogen-bond donors (Lipinski definition) is 2. The zero-order valence-corrected chi connectivity index (χ0v) is 9.15. The van der Waals surface area contributed by atoms with Crippen molar-refractivity contribution in [2.75, 3.05) is 0 Å². The van der Waals surface area contributed by atoms with Gasteiger partial charge >= 0.3 is 5.97 Å². The molecule has 0 aromatic carbocycles. The number of aliphatic hydroxyl groups is 1. The number of carboxylic acid groups (broad SMARTS) is 1. The Morgan fingerprint density at radius 2 is 2.13 bits per heavy atom. The molecule has 1 atom stereocenters. The Bertz CT molecular complexity index is 351. The van der Waals surface area contributed by atoms with Crippen LogP contribution in [0.4, 0.5) is 0 Å². The first-order chi connectivity index (χ1) is 6.88. The Kier molecular flexibility index (Phi) is 3.19. The summed E-state index contributed by atoms with van der Waals surface area (Å²) < 4.78 is 5.05. The lowest BCUT2D eigenvalue weighted by Gasteiger charge is -2.27. The predicted octanol–water partition coefficient (Wildman–Crippen LogP) is 2.45. The van der Waals surface area contributed by atoms with E-state index >= 15 is 0 Å². The van der Waals surface area contributed by atoms with Crippen molar-refractivity contribution in [1.82, 2.24) is 0 Å². The van der Waals surface area contributed by atoms with Gasteiger partial charge in [-0.2, -0.15) is 0 Å². The van der Waals surface area contributed by atoms with E-state index in [0.717, 1.165) is 6.42 Å². The largest absolute Gasteiger partial charge is 0.475 e. The molecular formula is C11H16O4. The number of hydrogen-bond acceptors (Lipinski definition) is 3. The molecule has 0 aliphatic carbocycles. The van der Waals surface area contributed by atoms with E-state index in [1.54, 1.807) is 0 Å². The molecule has 1 heterocycles. The molecule has 1 aromatic heterocycles. The molecule has 0 bridgehead atoms. The second kappa shape index (κ2) is 4.06. The lowest BCUT2D eigenvalue weighted by molar-refractivity contribution is 0.0267. The van der Waals surface area contributed by atoms with Crippen LogP contribution in [0.1, 0.15) is 49.6 Å². The van der Waals surface area contributed by atoms with Crippen molar-refractivity contribution < 1.29 is 19.4 Å². The van der Waals surface area contributed by atoms with Gasteiger partial charge in [-0.3, -0.25) is 0 Å². The van der Waals surface area contributed by atoms with Crippen LogP contribution in [0.5, 0.6) is 0 Å². The fraction of sp³-hybridized carbons (Fsp3) is 0.545. The summed E-state index contributed by atoms with van der Waals surface area (Å²) in [6.07, 6.45) is -0.00678. The van der Waals surface area contributed by atoms with Gasteiger partial charge in [0.2, 0.25) is 5.76 Å². The monoisotopic (exact) mass is 212 g/mol. The molecule has 15 heavy (non-hydrogen) atoms. The van der Waals surface area contributed by atoms with Gasteiger partial charge in [-0.25, -0.2) is 4.79 Å². The van der Waals surface area contributed by atoms with Gasteiger partial charge in [0.05, 0.1) is 0 Å². The van der Waals surface area contributed by atoms with E-state index in [2.05, 4.69) is 0 Å². The van der Waals surface area contributed by atoms with Crippen LogP contribution in [-0.2, 0) is 0 Å². The predicted molar refractivity (Wildman–Crippen MR) is 54.7 cm³/mol. The number of carboxylic acids is 1. The zero-order chi connectivity index (χ0) is 11.6. The minimum absolute atomic E-state index is 0.143. The first-order valence-corrected chi connectivity index (χ1v) is 4.89. The first kappa shape index (κ1) is 11.8. The summed E-state index contributed by atoms with van der Waals surface area (Å²) in [7, 11) is 0. The van der Waals surface area contributed by atoms with E-state index in [-0.39, 0.29) is 11.2 Å². The molecule has 84 valence electrons. The molecule has 0 fully saturated rings. The molecular weight excluding hydrogens is 196 g/mol. The van der Waals surface area contributed by atoms with Gasteiger partial charge in [0, 0.05) is 0 Å². The lowest BCUT2D eigenvalue weighted by atomic mass is 9.83. The molecule has 0 aliphatic rings. The van der Waals surface area contributed by atoms with Crippen molar-refractivity contribution in [3.8, 4) is 0 Å². The van der Waals surface area contributed by atoms with E-state index in [1.165, 1.54) is 12.1 Å². The standard InChI is InChI=1S/C11H16O4/c1-4-11(2,3)9(12)7-5-6-8(15-7)10(13)14/h5-6,9,12H,4H2,1-3H3,(H,13,14). The number of aliphatic hydroxyl groups excluding tert-OH is 1. The number of furan rings is 1. The van der Waals surface area contributed by atoms with Gasteiger partial charge in [0.15, 0.2) is 0 Å². The molecule has 0 saturated carbocycles. The minimum atomic E-state index is -1.12. The maximum absolute atomic E-state index is 10.6. The number of rotatable bonds is 4. The molecule has 0 amide bonds. The summed E-state index contributed by atoms with van der Waals surface area (Å²) in [5.74, 6) is -0.960. The van der Waals surface area contributed by atoms with E-state index in [4.69, 9.17) is 9.52 Å². The third kappa shape index (κ3) is 2.39. The molecule has 1 rings (SSSR count). The maximum Gasteiger partial charge on any atom is 0.371 e. The Labute approximate surface area is 88.5 Å². The van der Waals surface area contributed by atoms with Gasteiger partial charge in [0.25, 0.3) is 0 Å². The molecule has 4 nitrogen and oxygen atoms in total. The van der Waals surface area contributed by atoms with E-state index in [0.29, 0.717) is 5.76 Å². The average molecular weight is 212 g/mol. The summed E-state index contributed by atoms with van der Waals surface area (Å²) in [5, 5.41) is 18.6. The van der Waals surface area contributed by atoms with Gasteiger partial charge in [-0.15, -0.1) is 0 Å². The highest BCUT2D eigenvalue weighted by molar-refractivity contribution is 5.84. The van der Waals surface area contributed by atoms with Crippen LogP contribution in [-0.4, -0.2) is 16.2 Å². The molecule has 0 saturated heterocycles. The molecule has 0 spiro atoms. The molecule has 2 N–H and O–H groups in total. The highest BCUT2D eigenvalue weighted by Gasteiger charge is 2.30. The Balaban J connectivity index is 2.92. The summed E-state index contributed by atoms with van der Waals surface area (Å²) in [5.41, 5.74) is -0.326. The quantitative estimate of drug-likeness (QED) is 0.804. The SMILES string of the molecule is CCC(C)(C)C(O)c1ccc(C(=O)O)o1. The fourth-order valence-electron chi connectivity index (χ4n) is 1.19. The Morgan fingerprint density at radius 3 is 2.53 bits per heavy atom. The summed E-state index contributed by atoms with van der Waals surface area (Å²) in [6.45, 7) is 5.77. The summed E-state index contributed by atoms with van der Waals surface area (Å²) >= 11 is 0. The van der Waals surface area contributed by atoms with Crippen LogP contribution in [0.15, 0.2) is 16.5 Å². The number of aromatic carboxylic acids is 1. The normalized spacial score (nSPS) is 13.9. The smallest absolute Gasteiger partial charge is 0.371 e. The highest BCUT2D eigenvalue weighted by atomic mass is 16.4. The van der Waals surface area contributed by atoms with Crippen molar-refractivity contribution in [2.24, 2.45) is 5.41 Å². The van der Waals surface area contributed by atoms with Crippen molar-refractivity contribution >= 4 is 5.97 Å². The summed E-state index contributed by atoms with van der Waals surface area (Å²) in [6, 6.07) is 2.86. The van der Waals surface area contributed by atoms with Crippen LogP contribution < -0.4 is 0 Å². The van der Waals surface area contributed by atoms with Crippen molar-refractivity contribution in [2.45, 2.75) is 33.3 Å². The number of carbonyl (C=O) groups is 1. The third-order valence-electron chi connectivity index (χ3n) is 2.76. The maximum atomic E-state index is 10.6. The van der Waals surface area contributed by atoms with Gasteiger partial charge in [0.1, 0.15) is 11.9 Å². The van der Waals surface area contributed by atoms with E-state index in [9.17, 15) is 9.90 Å². The molecule has 4 heteroatoms. The van der Waals surface area contributed by atoms with E-state index < -0.39 is 12.1 Å². The summed E-state index contributed by atoms with van der Waals surface area (Å²) in [4.78, 5) is 10.6. The van der Waals surface area contributed by atoms with Crippen molar-refractivity contribution in [3.63, 3.8) is 0 Å². The lowest BCUT2D eigenvalue weighted by Crippen LogP contribution is -2.20. The molecule has 1 unspecified atom stereocenters. The Morgan fingerprint density at radius 1 is 1.53 bits per heavy atom. The topological polar surface area (TPSA) is 70.7 Å². The highest BCUT2D eigenvalue weighted by Crippen LogP contribution is 2.36. The first-order valence-electron chi connectivity index (χ1n) is 4.89. The third-order valence-corrected chi connectivity index (χ3v) is 2.76. The van der Waals surface area contributed by atoms with Crippen molar-refractivity contribution in [3.05, 3.63) is 23.7 Å². The second-order valence-electron chi connectivity index (χ2n) is 4.25. The second-order valence-corrected chi connectivity index (χ2v) is 4.25. The van der Waals surface area contributed by atoms with Crippen LogP contribution in [0.3, 0.4) is 0 Å². The molecule has 1 aromatic rings. The minimum Gasteiger partial charge on any atom is -0.475 e. The van der Waals surface area contributed by atoms with Crippen LogP contribution >= 0.6 is 0 Å². The zero-order valence-electron chi connectivity index (χ0n) is 9.15. The van der Waals surface area contributed by atoms with Gasteiger partial charge in [-0.1, -0.05) is 20.8 Å².